The Hall–Kier alpha value is -4.77. The molecule has 0 radical (unpaired) electrons. The van der Waals surface area contributed by atoms with Gasteiger partial charge in [-0.15, -0.1) is 0 Å². The molecule has 0 spiro atoms. The van der Waals surface area contributed by atoms with Crippen molar-refractivity contribution in [2.75, 3.05) is 11.9 Å². The van der Waals surface area contributed by atoms with E-state index in [1.165, 1.54) is 6.07 Å². The number of fused-ring (bicyclic) bond motifs is 2. The molecule has 2 heterocycles. The highest BCUT2D eigenvalue weighted by Crippen LogP contribution is 2.41. The number of nitrogens with one attached hydrogen (secondary N) is 3. The van der Waals surface area contributed by atoms with E-state index in [4.69, 9.17) is 11.6 Å². The largest absolute Gasteiger partial charge is 0.416 e. The van der Waals surface area contributed by atoms with Crippen molar-refractivity contribution < 1.29 is 36.3 Å². The van der Waals surface area contributed by atoms with Crippen molar-refractivity contribution in [1.29, 1.82) is 0 Å². The van der Waals surface area contributed by atoms with E-state index in [1.54, 1.807) is 24.3 Å². The molecule has 0 aliphatic carbocycles. The van der Waals surface area contributed by atoms with E-state index in [9.17, 15) is 36.3 Å². The minimum Gasteiger partial charge on any atom is -0.352 e. The first-order valence-corrected chi connectivity index (χ1v) is 13.8. The van der Waals surface area contributed by atoms with Crippen LogP contribution in [0.4, 0.5) is 27.6 Å². The molecule has 0 saturated carbocycles. The molecule has 1 atom stereocenters. The Bertz CT molecular complexity index is 1880. The van der Waals surface area contributed by atoms with Crippen molar-refractivity contribution in [1.82, 2.24) is 10.6 Å². The van der Waals surface area contributed by atoms with E-state index < -0.39 is 46.8 Å². The Morgan fingerprint density at radius 2 is 1.68 bits per heavy atom. The van der Waals surface area contributed by atoms with Crippen LogP contribution in [-0.4, -0.2) is 24.3 Å². The molecule has 4 aromatic rings. The fraction of sp³-hybridized carbons (Fsp3) is 0.156. The summed E-state index contributed by atoms with van der Waals surface area (Å²) in [5.41, 5.74) is 1.42. The molecule has 4 aromatic carbocycles. The van der Waals surface area contributed by atoms with Crippen LogP contribution in [0.2, 0.25) is 5.02 Å². The zero-order chi connectivity index (χ0) is 31.3. The first kappa shape index (κ1) is 29.3. The third-order valence-electron chi connectivity index (χ3n) is 7.56. The predicted octanol–water partition coefficient (Wildman–Crippen LogP) is 6.60. The molecule has 12 heteroatoms. The minimum atomic E-state index is -4.90. The van der Waals surface area contributed by atoms with E-state index in [0.717, 1.165) is 23.3 Å². The molecule has 224 valence electrons. The van der Waals surface area contributed by atoms with Crippen LogP contribution in [0.1, 0.15) is 70.5 Å². The lowest BCUT2D eigenvalue weighted by atomic mass is 9.91. The summed E-state index contributed by atoms with van der Waals surface area (Å²) in [5.74, 6) is -3.67. The maximum atomic E-state index is 14.2. The number of halogens is 6. The number of rotatable bonds is 5. The molecule has 44 heavy (non-hydrogen) atoms. The summed E-state index contributed by atoms with van der Waals surface area (Å²) in [5, 5.41) is 8.19. The summed E-state index contributed by atoms with van der Waals surface area (Å²) < 4.78 is 68.4. The molecule has 0 unspecified atom stereocenters. The third-order valence-corrected chi connectivity index (χ3v) is 7.90. The van der Waals surface area contributed by atoms with Crippen LogP contribution in [0.25, 0.3) is 0 Å². The topological polar surface area (TPSA) is 87.3 Å². The summed E-state index contributed by atoms with van der Waals surface area (Å²) in [4.78, 5) is 38.6. The molecule has 6 rings (SSSR count). The maximum Gasteiger partial charge on any atom is 0.416 e. The van der Waals surface area contributed by atoms with Crippen molar-refractivity contribution in [3.63, 3.8) is 0 Å². The number of amides is 3. The molecule has 2 aliphatic rings. The second-order valence-corrected chi connectivity index (χ2v) is 10.9. The van der Waals surface area contributed by atoms with Gasteiger partial charge in [0.1, 0.15) is 11.6 Å². The fourth-order valence-electron chi connectivity index (χ4n) is 5.57. The highest BCUT2D eigenvalue weighted by Gasteiger charge is 2.36. The maximum absolute atomic E-state index is 14.2. The van der Waals surface area contributed by atoms with Gasteiger partial charge in [0.15, 0.2) is 0 Å². The third kappa shape index (κ3) is 5.62. The average molecular weight is 626 g/mol. The Morgan fingerprint density at radius 3 is 2.45 bits per heavy atom. The molecule has 2 aliphatic heterocycles. The lowest BCUT2D eigenvalue weighted by molar-refractivity contribution is -0.137. The Labute approximate surface area is 252 Å². The SMILES string of the molecule is O=C(Nc1cc(Cc2ccc3c(c2)CCNC3=O)cc2c1[C@@H](c1cc(F)ccc1Cl)NC2=O)c1cc(F)cc(C(F)(F)F)c1. The van der Waals surface area contributed by atoms with Crippen LogP contribution < -0.4 is 16.0 Å². The van der Waals surface area contributed by atoms with Gasteiger partial charge in [-0.25, -0.2) is 8.78 Å². The van der Waals surface area contributed by atoms with Gasteiger partial charge in [-0.05, 0) is 84.1 Å². The van der Waals surface area contributed by atoms with E-state index in [1.807, 2.05) is 6.07 Å². The first-order chi connectivity index (χ1) is 20.9. The number of anilines is 1. The van der Waals surface area contributed by atoms with Crippen molar-refractivity contribution in [2.24, 2.45) is 0 Å². The van der Waals surface area contributed by atoms with Crippen molar-refractivity contribution in [3.8, 4) is 0 Å². The molecule has 3 N–H and O–H groups in total. The van der Waals surface area contributed by atoms with E-state index in [-0.39, 0.29) is 45.8 Å². The Kier molecular flexibility index (Phi) is 7.36. The van der Waals surface area contributed by atoms with Crippen molar-refractivity contribution in [3.05, 3.63) is 133 Å². The molecule has 0 fully saturated rings. The highest BCUT2D eigenvalue weighted by atomic mass is 35.5. The summed E-state index contributed by atoms with van der Waals surface area (Å²) in [6, 6.07) is 12.5. The van der Waals surface area contributed by atoms with Crippen LogP contribution in [0.15, 0.2) is 66.7 Å². The number of alkyl halides is 3. The first-order valence-electron chi connectivity index (χ1n) is 13.4. The molecule has 3 amide bonds. The quantitative estimate of drug-likeness (QED) is 0.219. The zero-order valence-electron chi connectivity index (χ0n) is 22.5. The van der Waals surface area contributed by atoms with Gasteiger partial charge in [-0.3, -0.25) is 14.4 Å². The van der Waals surface area contributed by atoms with Crippen molar-refractivity contribution in [2.45, 2.75) is 25.1 Å². The lowest BCUT2D eigenvalue weighted by Gasteiger charge is -2.20. The molecule has 6 nitrogen and oxygen atoms in total. The van der Waals surface area contributed by atoms with Gasteiger partial charge >= 0.3 is 6.18 Å². The average Bonchev–Trinajstić information content (AvgIpc) is 3.29. The standard InChI is InChI=1S/C32H21ClF5N3O3/c33-25-4-2-20(34)14-23(25)28-27-24(31(44)41-28)9-16(7-15-1-3-22-17(8-15)5-6-39-30(22)43)10-26(27)40-29(42)18-11-19(32(36,37)38)13-21(35)12-18/h1-4,8-14,28H,5-7H2,(H,39,43)(H,40,42)(H,41,44)/t28-/m1/s1. The van der Waals surface area contributed by atoms with Gasteiger partial charge in [0, 0.05) is 45.1 Å². The molecule has 0 saturated heterocycles. The zero-order valence-corrected chi connectivity index (χ0v) is 23.3. The number of carbonyl (C=O) groups excluding carboxylic acids is 3. The second kappa shape index (κ2) is 11.1. The summed E-state index contributed by atoms with van der Waals surface area (Å²) in [6.07, 6.45) is -4.00. The summed E-state index contributed by atoms with van der Waals surface area (Å²) in [6.45, 7) is 0.491. The van der Waals surface area contributed by atoms with Gasteiger partial charge in [0.05, 0.1) is 11.6 Å². The highest BCUT2D eigenvalue weighted by molar-refractivity contribution is 6.31. The van der Waals surface area contributed by atoms with Crippen LogP contribution >= 0.6 is 11.6 Å². The van der Waals surface area contributed by atoms with Gasteiger partial charge in [-0.2, -0.15) is 13.2 Å². The van der Waals surface area contributed by atoms with Gasteiger partial charge in [-0.1, -0.05) is 23.7 Å². The van der Waals surface area contributed by atoms with Crippen molar-refractivity contribution >= 4 is 35.0 Å². The monoisotopic (exact) mass is 625 g/mol. The van der Waals surface area contributed by atoms with Gasteiger partial charge < -0.3 is 16.0 Å². The summed E-state index contributed by atoms with van der Waals surface area (Å²) >= 11 is 6.35. The number of carbonyl (C=O) groups is 3. The van der Waals surface area contributed by atoms with E-state index in [2.05, 4.69) is 16.0 Å². The van der Waals surface area contributed by atoms with Gasteiger partial charge in [0.25, 0.3) is 17.7 Å². The Balaban J connectivity index is 1.44. The summed E-state index contributed by atoms with van der Waals surface area (Å²) in [7, 11) is 0. The normalized spacial score (nSPS) is 15.7. The number of hydrogen-bond acceptors (Lipinski definition) is 3. The second-order valence-electron chi connectivity index (χ2n) is 10.5. The smallest absolute Gasteiger partial charge is 0.352 e. The minimum absolute atomic E-state index is 0.0429. The number of benzene rings is 4. The molecular formula is C32H21ClF5N3O3. The van der Waals surface area contributed by atoms with Crippen LogP contribution in [-0.2, 0) is 19.0 Å². The number of hydrogen-bond donors (Lipinski definition) is 3. The molecular weight excluding hydrogens is 605 g/mol. The van der Waals surface area contributed by atoms with Crippen LogP contribution in [0.5, 0.6) is 0 Å². The molecule has 0 aromatic heterocycles. The van der Waals surface area contributed by atoms with Crippen LogP contribution in [0.3, 0.4) is 0 Å². The molecule has 0 bridgehead atoms. The predicted molar refractivity (Wildman–Crippen MR) is 152 cm³/mol. The van der Waals surface area contributed by atoms with Gasteiger partial charge in [0.2, 0.25) is 0 Å². The van der Waals surface area contributed by atoms with Crippen LogP contribution in [0, 0.1) is 11.6 Å². The van der Waals surface area contributed by atoms with E-state index in [0.29, 0.717) is 36.2 Å². The fourth-order valence-corrected chi connectivity index (χ4v) is 5.80. The Morgan fingerprint density at radius 1 is 0.886 bits per heavy atom. The lowest BCUT2D eigenvalue weighted by Crippen LogP contribution is -2.31. The van der Waals surface area contributed by atoms with E-state index >= 15 is 0 Å².